The Morgan fingerprint density at radius 2 is 0.577 bits per heavy atom. The van der Waals surface area contributed by atoms with E-state index >= 15 is 0 Å². The van der Waals surface area contributed by atoms with Gasteiger partial charge >= 0.3 is 17.9 Å². The van der Waals surface area contributed by atoms with E-state index in [1.807, 2.05) is 24.3 Å². The molecule has 0 amide bonds. The lowest BCUT2D eigenvalue weighted by atomic mass is 10.0. The summed E-state index contributed by atoms with van der Waals surface area (Å²) in [5.74, 6) is -1.10. The number of hydrogen-bond donors (Lipinski definition) is 0. The van der Waals surface area contributed by atoms with Crippen molar-refractivity contribution in [3.05, 3.63) is 134 Å². The summed E-state index contributed by atoms with van der Waals surface area (Å²) >= 11 is 0. The maximum Gasteiger partial charge on any atom is 0.306 e. The fourth-order valence-corrected chi connectivity index (χ4v) is 7.39. The van der Waals surface area contributed by atoms with Gasteiger partial charge in [0.15, 0.2) is 6.10 Å². The maximum atomic E-state index is 12.8. The summed E-state index contributed by atoms with van der Waals surface area (Å²) in [5, 5.41) is 0. The van der Waals surface area contributed by atoms with Crippen LogP contribution in [0.15, 0.2) is 134 Å². The molecule has 0 aliphatic rings. The molecule has 0 heterocycles. The Bertz CT molecular complexity index is 1550. The second kappa shape index (κ2) is 58.1. The fourth-order valence-electron chi connectivity index (χ4n) is 7.39. The molecule has 0 aliphatic carbocycles. The fraction of sp³-hybridized carbons (Fsp3) is 0.615. The van der Waals surface area contributed by atoms with Gasteiger partial charge in [0.2, 0.25) is 0 Å². The molecule has 0 unspecified atom stereocenters. The number of ether oxygens (including phenoxy) is 3. The lowest BCUT2D eigenvalue weighted by Crippen LogP contribution is -2.30. The topological polar surface area (TPSA) is 78.9 Å². The summed E-state index contributed by atoms with van der Waals surface area (Å²) in [6, 6.07) is 0. The molecule has 6 nitrogen and oxygen atoms in total. The van der Waals surface area contributed by atoms with Crippen molar-refractivity contribution in [2.75, 3.05) is 13.2 Å². The minimum atomic E-state index is -0.842. The highest BCUT2D eigenvalue weighted by Crippen LogP contribution is 2.15. The molecule has 0 radical (unpaired) electrons. The Labute approximate surface area is 436 Å². The molecule has 0 aromatic rings. The molecular formula is C65H104O6. The van der Waals surface area contributed by atoms with Crippen LogP contribution in [0.1, 0.15) is 239 Å². The Balaban J connectivity index is 4.61. The zero-order valence-corrected chi connectivity index (χ0v) is 45.7. The Hall–Kier alpha value is -4.45. The molecule has 6 heteroatoms. The Morgan fingerprint density at radius 1 is 0.296 bits per heavy atom. The van der Waals surface area contributed by atoms with E-state index in [9.17, 15) is 14.4 Å². The molecule has 1 atom stereocenters. The van der Waals surface area contributed by atoms with Crippen LogP contribution in [-0.4, -0.2) is 37.2 Å². The lowest BCUT2D eigenvalue weighted by molar-refractivity contribution is -0.166. The van der Waals surface area contributed by atoms with Gasteiger partial charge in [-0.25, -0.2) is 0 Å². The number of esters is 3. The number of carbonyl (C=O) groups excluding carboxylic acids is 3. The van der Waals surface area contributed by atoms with Gasteiger partial charge in [0.25, 0.3) is 0 Å². The zero-order valence-electron chi connectivity index (χ0n) is 45.7. The third-order valence-electron chi connectivity index (χ3n) is 11.7. The molecule has 400 valence electrons. The Morgan fingerprint density at radius 3 is 0.915 bits per heavy atom. The van der Waals surface area contributed by atoms with Crippen molar-refractivity contribution in [2.45, 2.75) is 245 Å². The average Bonchev–Trinajstić information content (AvgIpc) is 3.37. The van der Waals surface area contributed by atoms with Gasteiger partial charge in [0, 0.05) is 19.3 Å². The van der Waals surface area contributed by atoms with Gasteiger partial charge in [0.05, 0.1) is 0 Å². The second-order valence-electron chi connectivity index (χ2n) is 18.5. The highest BCUT2D eigenvalue weighted by Gasteiger charge is 2.19. The van der Waals surface area contributed by atoms with E-state index in [1.165, 1.54) is 103 Å². The van der Waals surface area contributed by atoms with Crippen molar-refractivity contribution in [1.82, 2.24) is 0 Å². The molecule has 0 rings (SSSR count). The average molecular weight is 982 g/mol. The van der Waals surface area contributed by atoms with E-state index < -0.39 is 6.10 Å². The molecule has 0 bridgehead atoms. The van der Waals surface area contributed by atoms with Crippen molar-refractivity contribution in [3.8, 4) is 0 Å². The number of rotatable bonds is 50. The van der Waals surface area contributed by atoms with E-state index in [-0.39, 0.29) is 44.0 Å². The van der Waals surface area contributed by atoms with Gasteiger partial charge in [-0.1, -0.05) is 257 Å². The monoisotopic (exact) mass is 981 g/mol. The quantitative estimate of drug-likeness (QED) is 0.0262. The number of allylic oxidation sites excluding steroid dienone is 22. The van der Waals surface area contributed by atoms with Crippen molar-refractivity contribution in [2.24, 2.45) is 0 Å². The molecule has 0 N–H and O–H groups in total. The minimum Gasteiger partial charge on any atom is -0.462 e. The summed E-state index contributed by atoms with van der Waals surface area (Å²) in [6.45, 7) is 6.37. The van der Waals surface area contributed by atoms with Crippen LogP contribution in [-0.2, 0) is 28.6 Å². The SMILES string of the molecule is CC/C=C\C/C=C\C/C=C\C/C=C\C/C=C\C/C=C\CCC(=O)OC[C@H](COC(=O)CC/C=C\C/C=C\C/C=C\C/C=C\C/C=C\CCCCC)OC(=O)CCCCCCCCCCCCCCCCC. The molecule has 0 spiro atoms. The molecule has 0 fully saturated rings. The summed E-state index contributed by atoms with van der Waals surface area (Å²) < 4.78 is 16.7. The van der Waals surface area contributed by atoms with E-state index in [2.05, 4.69) is 130 Å². The van der Waals surface area contributed by atoms with Crippen molar-refractivity contribution < 1.29 is 28.6 Å². The second-order valence-corrected chi connectivity index (χ2v) is 18.5. The number of unbranched alkanes of at least 4 members (excludes halogenated alkanes) is 17. The van der Waals surface area contributed by atoms with Gasteiger partial charge in [0.1, 0.15) is 13.2 Å². The summed E-state index contributed by atoms with van der Waals surface area (Å²) in [6.07, 6.45) is 81.8. The number of carbonyl (C=O) groups is 3. The molecule has 71 heavy (non-hydrogen) atoms. The van der Waals surface area contributed by atoms with Crippen LogP contribution in [0.3, 0.4) is 0 Å². The van der Waals surface area contributed by atoms with Crippen LogP contribution in [0.25, 0.3) is 0 Å². The van der Waals surface area contributed by atoms with Crippen molar-refractivity contribution >= 4 is 17.9 Å². The van der Waals surface area contributed by atoms with E-state index in [1.54, 1.807) is 0 Å². The molecule has 0 saturated heterocycles. The van der Waals surface area contributed by atoms with Gasteiger partial charge in [-0.15, -0.1) is 0 Å². The summed E-state index contributed by atoms with van der Waals surface area (Å²) in [5.41, 5.74) is 0. The molecule has 0 aromatic heterocycles. The van der Waals surface area contributed by atoms with Crippen molar-refractivity contribution in [3.63, 3.8) is 0 Å². The summed E-state index contributed by atoms with van der Waals surface area (Å²) in [7, 11) is 0. The van der Waals surface area contributed by atoms with Gasteiger partial charge < -0.3 is 14.2 Å². The predicted octanol–water partition coefficient (Wildman–Crippen LogP) is 19.4. The van der Waals surface area contributed by atoms with Crippen LogP contribution >= 0.6 is 0 Å². The van der Waals surface area contributed by atoms with Crippen LogP contribution in [0.4, 0.5) is 0 Å². The highest BCUT2D eigenvalue weighted by molar-refractivity contribution is 5.71. The first kappa shape index (κ1) is 66.6. The normalized spacial score (nSPS) is 13.1. The zero-order chi connectivity index (χ0) is 51.4. The highest BCUT2D eigenvalue weighted by atomic mass is 16.6. The standard InChI is InChI=1S/C65H104O6/c1-4-7-10-13-16-19-22-25-28-30-32-34-37-39-42-45-48-51-54-57-63(66)69-60-62(71-65(68)59-56-53-50-47-44-41-36-27-24-21-18-15-12-9-6-3)61-70-64(67)58-55-52-49-46-43-40-38-35-33-31-29-26-23-20-17-14-11-8-5-2/h7,10,16-17,19-20,25-26,28-29,32-35,39-40,42-43,48-49,51-52,62H,4-6,8-9,11-15,18,21-24,27,30-31,36-38,41,44-47,50,53-61H2,1-3H3/b10-7-,19-16-,20-17-,28-25-,29-26-,34-32-,35-33-,42-39-,43-40-,51-48-,52-49-/t62-/m1/s1. The molecular weight excluding hydrogens is 877 g/mol. The van der Waals surface area contributed by atoms with Gasteiger partial charge in [-0.2, -0.15) is 0 Å². The maximum absolute atomic E-state index is 12.8. The van der Waals surface area contributed by atoms with E-state index in [0.29, 0.717) is 19.3 Å². The minimum absolute atomic E-state index is 0.143. The lowest BCUT2D eigenvalue weighted by Gasteiger charge is -2.18. The first-order chi connectivity index (χ1) is 35.0. The first-order valence-corrected chi connectivity index (χ1v) is 28.7. The van der Waals surface area contributed by atoms with Crippen LogP contribution in [0.5, 0.6) is 0 Å². The van der Waals surface area contributed by atoms with Crippen molar-refractivity contribution in [1.29, 1.82) is 0 Å². The van der Waals surface area contributed by atoms with Gasteiger partial charge in [-0.3, -0.25) is 14.4 Å². The van der Waals surface area contributed by atoms with E-state index in [0.717, 1.165) is 83.5 Å². The third-order valence-corrected chi connectivity index (χ3v) is 11.7. The molecule has 0 aromatic carbocycles. The third kappa shape index (κ3) is 56.3. The molecule has 0 saturated carbocycles. The number of hydrogen-bond acceptors (Lipinski definition) is 6. The van der Waals surface area contributed by atoms with Crippen LogP contribution in [0, 0.1) is 0 Å². The predicted molar refractivity (Wildman–Crippen MR) is 306 cm³/mol. The first-order valence-electron chi connectivity index (χ1n) is 28.7. The molecule has 0 aliphatic heterocycles. The van der Waals surface area contributed by atoms with Crippen LogP contribution < -0.4 is 0 Å². The van der Waals surface area contributed by atoms with Gasteiger partial charge in [-0.05, 0) is 96.3 Å². The summed E-state index contributed by atoms with van der Waals surface area (Å²) in [4.78, 5) is 38.1. The Kier molecular flexibility index (Phi) is 54.5. The van der Waals surface area contributed by atoms with E-state index in [4.69, 9.17) is 14.2 Å². The van der Waals surface area contributed by atoms with Crippen LogP contribution in [0.2, 0.25) is 0 Å². The largest absolute Gasteiger partial charge is 0.462 e. The smallest absolute Gasteiger partial charge is 0.306 e.